The van der Waals surface area contributed by atoms with Gasteiger partial charge in [0, 0.05) is 11.0 Å². The van der Waals surface area contributed by atoms with Gasteiger partial charge >= 0.3 is 0 Å². The van der Waals surface area contributed by atoms with E-state index in [1.54, 1.807) is 0 Å². The third-order valence-corrected chi connectivity index (χ3v) is 5.94. The van der Waals surface area contributed by atoms with Gasteiger partial charge in [0.2, 0.25) is 10.0 Å². The first-order valence-corrected chi connectivity index (χ1v) is 8.77. The third-order valence-electron chi connectivity index (χ3n) is 3.56. The van der Waals surface area contributed by atoms with E-state index >= 15 is 0 Å². The number of hydrogen-bond acceptors (Lipinski definition) is 3. The molecule has 4 nitrogen and oxygen atoms in total. The molecule has 0 saturated heterocycles. The van der Waals surface area contributed by atoms with Crippen molar-refractivity contribution in [1.29, 1.82) is 0 Å². The Labute approximate surface area is 126 Å². The Hall–Kier alpha value is -0.500. The van der Waals surface area contributed by atoms with Crippen LogP contribution in [0.2, 0.25) is 0 Å². The summed E-state index contributed by atoms with van der Waals surface area (Å²) in [6, 6.07) is 3.39. The van der Waals surface area contributed by atoms with Crippen molar-refractivity contribution in [3.8, 4) is 0 Å². The van der Waals surface area contributed by atoms with Crippen molar-refractivity contribution in [2.75, 3.05) is 6.54 Å². The zero-order valence-electron chi connectivity index (χ0n) is 10.9. The smallest absolute Gasteiger partial charge is 0.241 e. The van der Waals surface area contributed by atoms with E-state index in [9.17, 15) is 17.9 Å². The minimum Gasteiger partial charge on any atom is -0.389 e. The molecule has 0 radical (unpaired) electrons. The highest BCUT2D eigenvalue weighted by Crippen LogP contribution is 2.28. The Morgan fingerprint density at radius 3 is 2.55 bits per heavy atom. The van der Waals surface area contributed by atoms with Crippen LogP contribution in [0.4, 0.5) is 4.39 Å². The number of aliphatic hydroxyl groups is 1. The van der Waals surface area contributed by atoms with E-state index in [4.69, 9.17) is 0 Å². The summed E-state index contributed by atoms with van der Waals surface area (Å²) in [4.78, 5) is -0.0293. The molecule has 1 saturated carbocycles. The lowest BCUT2D eigenvalue weighted by Crippen LogP contribution is -2.44. The van der Waals surface area contributed by atoms with Crippen molar-refractivity contribution < 1.29 is 17.9 Å². The van der Waals surface area contributed by atoms with E-state index in [0.29, 0.717) is 12.8 Å². The number of nitrogens with one attached hydrogen (secondary N) is 1. The van der Waals surface area contributed by atoms with Crippen molar-refractivity contribution in [1.82, 2.24) is 4.72 Å². The Bertz CT molecular complexity index is 585. The molecule has 112 valence electrons. The molecule has 0 amide bonds. The average molecular weight is 366 g/mol. The van der Waals surface area contributed by atoms with Gasteiger partial charge in [-0.15, -0.1) is 0 Å². The highest BCUT2D eigenvalue weighted by Gasteiger charge is 2.31. The summed E-state index contributed by atoms with van der Waals surface area (Å²) in [5.41, 5.74) is -0.974. The van der Waals surface area contributed by atoms with Crippen molar-refractivity contribution >= 4 is 26.0 Å². The molecule has 2 rings (SSSR count). The van der Waals surface area contributed by atoms with Gasteiger partial charge in [-0.2, -0.15) is 0 Å². The fraction of sp³-hybridized carbons (Fsp3) is 0.538. The molecule has 20 heavy (non-hydrogen) atoms. The second-order valence-corrected chi connectivity index (χ2v) is 7.77. The fourth-order valence-electron chi connectivity index (χ4n) is 2.39. The molecule has 0 atom stereocenters. The zero-order valence-corrected chi connectivity index (χ0v) is 13.3. The van der Waals surface area contributed by atoms with Gasteiger partial charge in [-0.1, -0.05) is 19.3 Å². The van der Waals surface area contributed by atoms with E-state index in [0.717, 1.165) is 31.4 Å². The Balaban J connectivity index is 2.11. The third kappa shape index (κ3) is 3.78. The minimum atomic E-state index is -3.77. The van der Waals surface area contributed by atoms with E-state index in [-0.39, 0.29) is 15.9 Å². The predicted octanol–water partition coefficient (Wildman–Crippen LogP) is 2.56. The van der Waals surface area contributed by atoms with Crippen LogP contribution in [0.3, 0.4) is 0 Å². The van der Waals surface area contributed by atoms with Crippen molar-refractivity contribution in [3.05, 3.63) is 28.5 Å². The molecule has 2 N–H and O–H groups in total. The quantitative estimate of drug-likeness (QED) is 0.861. The van der Waals surface area contributed by atoms with Gasteiger partial charge in [0.15, 0.2) is 0 Å². The first-order valence-electron chi connectivity index (χ1n) is 6.50. The van der Waals surface area contributed by atoms with Gasteiger partial charge in [-0.3, -0.25) is 0 Å². The van der Waals surface area contributed by atoms with E-state index in [1.807, 2.05) is 0 Å². The van der Waals surface area contributed by atoms with Gasteiger partial charge < -0.3 is 5.11 Å². The molecular weight excluding hydrogens is 349 g/mol. The molecule has 7 heteroatoms. The molecule has 1 aliphatic rings. The molecule has 1 fully saturated rings. The number of benzene rings is 1. The van der Waals surface area contributed by atoms with Crippen LogP contribution in [0.25, 0.3) is 0 Å². The first kappa shape index (κ1) is 15.9. The van der Waals surface area contributed by atoms with Crippen LogP contribution in [0.1, 0.15) is 32.1 Å². The number of rotatable bonds is 4. The van der Waals surface area contributed by atoms with Crippen molar-refractivity contribution in [2.24, 2.45) is 0 Å². The first-order chi connectivity index (χ1) is 9.32. The van der Waals surface area contributed by atoms with E-state index in [2.05, 4.69) is 20.7 Å². The molecule has 0 aliphatic heterocycles. The van der Waals surface area contributed by atoms with Crippen molar-refractivity contribution in [3.63, 3.8) is 0 Å². The van der Waals surface area contributed by atoms with Gasteiger partial charge in [0.1, 0.15) is 5.82 Å². The maximum absolute atomic E-state index is 13.0. The van der Waals surface area contributed by atoms with Gasteiger partial charge in [0.05, 0.1) is 10.5 Å². The highest BCUT2D eigenvalue weighted by atomic mass is 79.9. The maximum Gasteiger partial charge on any atom is 0.241 e. The summed E-state index contributed by atoms with van der Waals surface area (Å²) in [7, 11) is -3.77. The minimum absolute atomic E-state index is 0.0147. The number of halogens is 2. The number of hydrogen-bond donors (Lipinski definition) is 2. The molecule has 1 aliphatic carbocycles. The lowest BCUT2D eigenvalue weighted by molar-refractivity contribution is 0.00945. The highest BCUT2D eigenvalue weighted by molar-refractivity contribution is 9.10. The van der Waals surface area contributed by atoms with Crippen LogP contribution in [-0.4, -0.2) is 25.7 Å². The van der Waals surface area contributed by atoms with Crippen LogP contribution < -0.4 is 4.72 Å². The van der Waals surface area contributed by atoms with Gasteiger partial charge in [-0.05, 0) is 47.0 Å². The number of sulfonamides is 1. The molecular formula is C13H17BrFNO3S. The standard InChI is InChI=1S/C13H17BrFNO3S/c14-11-8-10(15)4-5-12(11)20(18,19)16-9-13(17)6-2-1-3-7-13/h4-5,8,16-17H,1-3,6-7,9H2. The second kappa shape index (κ2) is 6.09. The van der Waals surface area contributed by atoms with Gasteiger partial charge in [-0.25, -0.2) is 17.5 Å². The Kier molecular flexibility index (Phi) is 4.84. The van der Waals surface area contributed by atoms with Crippen LogP contribution >= 0.6 is 15.9 Å². The zero-order chi connectivity index (χ0) is 14.8. The topological polar surface area (TPSA) is 66.4 Å². The largest absolute Gasteiger partial charge is 0.389 e. The SMILES string of the molecule is O=S(=O)(NCC1(O)CCCCC1)c1ccc(F)cc1Br. The molecule has 0 unspecified atom stereocenters. The molecule has 0 spiro atoms. The van der Waals surface area contributed by atoms with Crippen LogP contribution in [0.5, 0.6) is 0 Å². The molecule has 0 bridgehead atoms. The van der Waals surface area contributed by atoms with Crippen molar-refractivity contribution in [2.45, 2.75) is 42.6 Å². The van der Waals surface area contributed by atoms with Crippen LogP contribution in [-0.2, 0) is 10.0 Å². The van der Waals surface area contributed by atoms with E-state index < -0.39 is 21.4 Å². The molecule has 0 heterocycles. The summed E-state index contributed by atoms with van der Waals surface area (Å²) >= 11 is 3.04. The summed E-state index contributed by atoms with van der Waals surface area (Å²) in [5, 5.41) is 10.3. The summed E-state index contributed by atoms with van der Waals surface area (Å²) in [6.45, 7) is -0.0147. The Morgan fingerprint density at radius 2 is 1.95 bits per heavy atom. The summed E-state index contributed by atoms with van der Waals surface area (Å²) in [5.74, 6) is -0.512. The fourth-order valence-corrected chi connectivity index (χ4v) is 4.55. The average Bonchev–Trinajstić information content (AvgIpc) is 2.37. The van der Waals surface area contributed by atoms with Crippen LogP contribution in [0, 0.1) is 5.82 Å². The molecule has 0 aromatic heterocycles. The summed E-state index contributed by atoms with van der Waals surface area (Å²) in [6.07, 6.45) is 4.07. The lowest BCUT2D eigenvalue weighted by atomic mass is 9.85. The second-order valence-electron chi connectivity index (χ2n) is 5.18. The predicted molar refractivity (Wildman–Crippen MR) is 77.3 cm³/mol. The van der Waals surface area contributed by atoms with Crippen LogP contribution in [0.15, 0.2) is 27.6 Å². The normalized spacial score (nSPS) is 18.9. The maximum atomic E-state index is 13.0. The molecule has 1 aromatic carbocycles. The lowest BCUT2D eigenvalue weighted by Gasteiger charge is -2.32. The molecule has 1 aromatic rings. The van der Waals surface area contributed by atoms with E-state index in [1.165, 1.54) is 6.07 Å². The summed E-state index contributed by atoms with van der Waals surface area (Å²) < 4.78 is 39.9. The monoisotopic (exact) mass is 365 g/mol. The Morgan fingerprint density at radius 1 is 1.30 bits per heavy atom. The van der Waals surface area contributed by atoms with Gasteiger partial charge in [0.25, 0.3) is 0 Å².